The molecule has 0 aliphatic rings. The zero-order valence-corrected chi connectivity index (χ0v) is 11.5. The Hall–Kier alpha value is -0.600. The van der Waals surface area contributed by atoms with E-state index in [1.165, 1.54) is 16.7 Å². The number of hydrogen-bond donors (Lipinski definition) is 0. The van der Waals surface area contributed by atoms with E-state index >= 15 is 0 Å². The summed E-state index contributed by atoms with van der Waals surface area (Å²) in [5, 5.41) is 0. The van der Waals surface area contributed by atoms with Gasteiger partial charge in [0, 0.05) is 8.95 Å². The van der Waals surface area contributed by atoms with Gasteiger partial charge in [-0.15, -0.1) is 0 Å². The highest BCUT2D eigenvalue weighted by Crippen LogP contribution is 2.31. The molecule has 0 radical (unpaired) electrons. The molecule has 76 valence electrons. The van der Waals surface area contributed by atoms with Gasteiger partial charge >= 0.3 is 0 Å². The SMILES string of the molecule is Cc1cccc(-c2cc(Br)ccc2Br)c1. The molecule has 0 atom stereocenters. The van der Waals surface area contributed by atoms with E-state index in [1.54, 1.807) is 0 Å². The van der Waals surface area contributed by atoms with E-state index in [0.29, 0.717) is 0 Å². The van der Waals surface area contributed by atoms with E-state index in [9.17, 15) is 0 Å². The Morgan fingerprint density at radius 3 is 2.47 bits per heavy atom. The Kier molecular flexibility index (Phi) is 3.27. The van der Waals surface area contributed by atoms with Gasteiger partial charge < -0.3 is 0 Å². The maximum Gasteiger partial charge on any atom is 0.0254 e. The molecule has 0 aromatic heterocycles. The van der Waals surface area contributed by atoms with Crippen LogP contribution in [0.2, 0.25) is 0 Å². The van der Waals surface area contributed by atoms with Crippen LogP contribution >= 0.6 is 31.9 Å². The van der Waals surface area contributed by atoms with Crippen LogP contribution in [0.15, 0.2) is 51.4 Å². The molecular formula is C13H10Br2. The van der Waals surface area contributed by atoms with E-state index in [-0.39, 0.29) is 0 Å². The van der Waals surface area contributed by atoms with E-state index in [1.807, 2.05) is 6.07 Å². The minimum atomic E-state index is 1.10. The fourth-order valence-corrected chi connectivity index (χ4v) is 2.37. The number of benzene rings is 2. The van der Waals surface area contributed by atoms with Crippen molar-refractivity contribution in [3.05, 3.63) is 57.0 Å². The van der Waals surface area contributed by atoms with Gasteiger partial charge in [0.2, 0.25) is 0 Å². The average Bonchev–Trinajstić information content (AvgIpc) is 2.22. The lowest BCUT2D eigenvalue weighted by atomic mass is 10.0. The fraction of sp³-hybridized carbons (Fsp3) is 0.0769. The molecule has 0 fully saturated rings. The lowest BCUT2D eigenvalue weighted by Gasteiger charge is -2.06. The average molecular weight is 326 g/mol. The zero-order chi connectivity index (χ0) is 10.8. The summed E-state index contributed by atoms with van der Waals surface area (Å²) < 4.78 is 2.22. The molecule has 0 bridgehead atoms. The molecule has 0 heterocycles. The lowest BCUT2D eigenvalue weighted by molar-refractivity contribution is 1.46. The van der Waals surface area contributed by atoms with E-state index < -0.39 is 0 Å². The second-order valence-electron chi connectivity index (χ2n) is 3.49. The number of hydrogen-bond acceptors (Lipinski definition) is 0. The van der Waals surface area contributed by atoms with Crippen LogP contribution in [-0.2, 0) is 0 Å². The normalized spacial score (nSPS) is 10.3. The third-order valence-corrected chi connectivity index (χ3v) is 3.44. The monoisotopic (exact) mass is 324 g/mol. The van der Waals surface area contributed by atoms with Gasteiger partial charge in [0.1, 0.15) is 0 Å². The van der Waals surface area contributed by atoms with Crippen LogP contribution < -0.4 is 0 Å². The quantitative estimate of drug-likeness (QED) is 0.677. The molecule has 0 aliphatic carbocycles. The van der Waals surface area contributed by atoms with Crippen molar-refractivity contribution in [2.45, 2.75) is 6.92 Å². The van der Waals surface area contributed by atoms with Crippen molar-refractivity contribution in [3.8, 4) is 11.1 Å². The summed E-state index contributed by atoms with van der Waals surface area (Å²) in [6.45, 7) is 2.11. The first-order valence-electron chi connectivity index (χ1n) is 4.69. The Morgan fingerprint density at radius 1 is 0.933 bits per heavy atom. The fourth-order valence-electron chi connectivity index (χ4n) is 1.53. The molecule has 0 unspecified atom stereocenters. The second kappa shape index (κ2) is 4.50. The summed E-state index contributed by atoms with van der Waals surface area (Å²) in [7, 11) is 0. The van der Waals surface area contributed by atoms with Crippen molar-refractivity contribution in [1.82, 2.24) is 0 Å². The van der Waals surface area contributed by atoms with Crippen molar-refractivity contribution in [1.29, 1.82) is 0 Å². The predicted octanol–water partition coefficient (Wildman–Crippen LogP) is 5.19. The molecule has 0 amide bonds. The molecule has 2 aromatic rings. The third kappa shape index (κ3) is 2.50. The van der Waals surface area contributed by atoms with Gasteiger partial charge in [0.25, 0.3) is 0 Å². The molecule has 0 aliphatic heterocycles. The minimum absolute atomic E-state index is 1.10. The standard InChI is InChI=1S/C13H10Br2/c1-9-3-2-4-10(7-9)12-8-11(14)5-6-13(12)15/h2-8H,1H3. The summed E-state index contributed by atoms with van der Waals surface area (Å²) in [5.74, 6) is 0. The smallest absolute Gasteiger partial charge is 0.0254 e. The molecule has 0 N–H and O–H groups in total. The van der Waals surface area contributed by atoms with Gasteiger partial charge in [-0.3, -0.25) is 0 Å². The van der Waals surface area contributed by atoms with E-state index in [4.69, 9.17) is 0 Å². The lowest BCUT2D eigenvalue weighted by Crippen LogP contribution is -1.81. The van der Waals surface area contributed by atoms with Gasteiger partial charge in [-0.25, -0.2) is 0 Å². The zero-order valence-electron chi connectivity index (χ0n) is 8.30. The Bertz CT molecular complexity index is 490. The Morgan fingerprint density at radius 2 is 1.73 bits per heavy atom. The first kappa shape index (κ1) is 10.9. The highest BCUT2D eigenvalue weighted by atomic mass is 79.9. The van der Waals surface area contributed by atoms with Crippen LogP contribution in [0.4, 0.5) is 0 Å². The van der Waals surface area contributed by atoms with E-state index in [0.717, 1.165) is 8.95 Å². The van der Waals surface area contributed by atoms with Crippen LogP contribution in [-0.4, -0.2) is 0 Å². The molecular weight excluding hydrogens is 316 g/mol. The van der Waals surface area contributed by atoms with Crippen molar-refractivity contribution in [2.24, 2.45) is 0 Å². The van der Waals surface area contributed by atoms with Crippen LogP contribution in [0.1, 0.15) is 5.56 Å². The van der Waals surface area contributed by atoms with Gasteiger partial charge in [-0.05, 0) is 36.2 Å². The minimum Gasteiger partial charge on any atom is -0.0614 e. The van der Waals surface area contributed by atoms with E-state index in [2.05, 4.69) is 75.2 Å². The largest absolute Gasteiger partial charge is 0.0614 e. The van der Waals surface area contributed by atoms with Crippen LogP contribution in [0.25, 0.3) is 11.1 Å². The summed E-state index contributed by atoms with van der Waals surface area (Å²) in [4.78, 5) is 0. The van der Waals surface area contributed by atoms with Gasteiger partial charge in [-0.2, -0.15) is 0 Å². The number of halogens is 2. The molecule has 0 saturated heterocycles. The maximum atomic E-state index is 3.57. The molecule has 2 heteroatoms. The van der Waals surface area contributed by atoms with Crippen LogP contribution in [0, 0.1) is 6.92 Å². The maximum absolute atomic E-state index is 3.57. The van der Waals surface area contributed by atoms with Crippen LogP contribution in [0.5, 0.6) is 0 Å². The first-order chi connectivity index (χ1) is 7.16. The second-order valence-corrected chi connectivity index (χ2v) is 5.26. The topological polar surface area (TPSA) is 0 Å². The summed E-state index contributed by atoms with van der Waals surface area (Å²) in [5.41, 5.74) is 3.73. The molecule has 2 aromatic carbocycles. The Labute approximate surface area is 107 Å². The highest BCUT2D eigenvalue weighted by Gasteiger charge is 2.03. The van der Waals surface area contributed by atoms with Gasteiger partial charge in [-0.1, -0.05) is 61.7 Å². The van der Waals surface area contributed by atoms with Crippen molar-refractivity contribution in [2.75, 3.05) is 0 Å². The summed E-state index contributed by atoms with van der Waals surface area (Å²) in [6, 6.07) is 14.7. The van der Waals surface area contributed by atoms with Crippen molar-refractivity contribution in [3.63, 3.8) is 0 Å². The highest BCUT2D eigenvalue weighted by molar-refractivity contribution is 9.11. The van der Waals surface area contributed by atoms with Gasteiger partial charge in [0.05, 0.1) is 0 Å². The van der Waals surface area contributed by atoms with Crippen molar-refractivity contribution >= 4 is 31.9 Å². The van der Waals surface area contributed by atoms with Gasteiger partial charge in [0.15, 0.2) is 0 Å². The molecule has 2 rings (SSSR count). The number of aryl methyl sites for hydroxylation is 1. The third-order valence-electron chi connectivity index (χ3n) is 2.26. The van der Waals surface area contributed by atoms with Crippen molar-refractivity contribution < 1.29 is 0 Å². The molecule has 15 heavy (non-hydrogen) atoms. The predicted molar refractivity (Wildman–Crippen MR) is 72.0 cm³/mol. The molecule has 0 spiro atoms. The summed E-state index contributed by atoms with van der Waals surface area (Å²) in [6.07, 6.45) is 0. The molecule has 0 saturated carbocycles. The first-order valence-corrected chi connectivity index (χ1v) is 6.27. The number of rotatable bonds is 1. The Balaban J connectivity index is 2.58. The van der Waals surface area contributed by atoms with Crippen LogP contribution in [0.3, 0.4) is 0 Å². The summed E-state index contributed by atoms with van der Waals surface area (Å²) >= 11 is 7.06. The molecule has 0 nitrogen and oxygen atoms in total.